The smallest absolute Gasteiger partial charge is 0.258 e. The Labute approximate surface area is 191 Å². The minimum absolute atomic E-state index is 0.123. The highest BCUT2D eigenvalue weighted by molar-refractivity contribution is 8.23. The molecule has 1 aliphatic rings. The molecule has 172 valence electrons. The molecule has 2 aromatic heterocycles. The van der Waals surface area contributed by atoms with E-state index in [1.807, 2.05) is 13.8 Å². The van der Waals surface area contributed by atoms with Crippen LogP contribution in [0.1, 0.15) is 39.4 Å². The van der Waals surface area contributed by atoms with Crippen molar-refractivity contribution in [3.8, 4) is 5.75 Å². The summed E-state index contributed by atoms with van der Waals surface area (Å²) in [6, 6.07) is 3.78. The lowest BCUT2D eigenvalue weighted by atomic mass is 10.1. The molecule has 0 spiro atoms. The lowest BCUT2D eigenvalue weighted by molar-refractivity contribution is 0.0745. The number of aromatic nitrogens is 3. The number of amides is 1. The summed E-state index contributed by atoms with van der Waals surface area (Å²) in [5.41, 5.74) is 4.00. The number of carbonyl (C=O) groups is 1. The number of aryl methyl sites for hydroxylation is 2. The normalized spacial score (nSPS) is 14.2. The van der Waals surface area contributed by atoms with Crippen molar-refractivity contribution < 1.29 is 23.0 Å². The second-order valence-electron chi connectivity index (χ2n) is 7.96. The summed E-state index contributed by atoms with van der Waals surface area (Å²) in [6.07, 6.45) is 1.72. The summed E-state index contributed by atoms with van der Waals surface area (Å²) in [6.45, 7) is 4.44. The summed E-state index contributed by atoms with van der Waals surface area (Å²) >= 11 is 6.29. The molecule has 0 radical (unpaired) electrons. The SMILES string of the molecule is Cc1nc2c3c(nn2c(C)c1Cl)CN(C(=O)c1ccc(F)cc1OCCCS(C)(O)O)C3. The van der Waals surface area contributed by atoms with E-state index in [1.165, 1.54) is 24.5 Å². The zero-order chi connectivity index (χ0) is 23.2. The van der Waals surface area contributed by atoms with E-state index in [4.69, 9.17) is 16.3 Å². The zero-order valence-electron chi connectivity index (χ0n) is 17.9. The van der Waals surface area contributed by atoms with Gasteiger partial charge in [0.25, 0.3) is 5.91 Å². The number of carbonyl (C=O) groups excluding carboxylic acids is 1. The molecule has 3 heterocycles. The third-order valence-electron chi connectivity index (χ3n) is 5.35. The van der Waals surface area contributed by atoms with Gasteiger partial charge in [-0.2, -0.15) is 15.7 Å². The van der Waals surface area contributed by atoms with Crippen LogP contribution in [0.15, 0.2) is 18.2 Å². The summed E-state index contributed by atoms with van der Waals surface area (Å²) in [7, 11) is -2.63. The Kier molecular flexibility index (Phi) is 6.06. The van der Waals surface area contributed by atoms with E-state index in [0.29, 0.717) is 35.9 Å². The predicted octanol–water partition coefficient (Wildman–Crippen LogP) is 4.44. The number of rotatable bonds is 6. The lowest BCUT2D eigenvalue weighted by Crippen LogP contribution is -2.26. The van der Waals surface area contributed by atoms with Crippen LogP contribution < -0.4 is 4.74 Å². The molecule has 2 N–H and O–H groups in total. The molecule has 0 saturated carbocycles. The first kappa shape index (κ1) is 22.8. The van der Waals surface area contributed by atoms with Crippen molar-refractivity contribution in [2.24, 2.45) is 0 Å². The zero-order valence-corrected chi connectivity index (χ0v) is 19.5. The summed E-state index contributed by atoms with van der Waals surface area (Å²) in [5.74, 6) is -0.537. The molecule has 0 unspecified atom stereocenters. The number of benzene rings is 1. The summed E-state index contributed by atoms with van der Waals surface area (Å²) in [5, 5.41) is 5.14. The van der Waals surface area contributed by atoms with Gasteiger partial charge in [0.15, 0.2) is 5.65 Å². The van der Waals surface area contributed by atoms with Crippen molar-refractivity contribution in [1.82, 2.24) is 19.5 Å². The Morgan fingerprint density at radius 1 is 1.31 bits per heavy atom. The number of ether oxygens (including phenoxy) is 1. The largest absolute Gasteiger partial charge is 0.493 e. The van der Waals surface area contributed by atoms with E-state index < -0.39 is 16.4 Å². The van der Waals surface area contributed by atoms with E-state index in [9.17, 15) is 18.3 Å². The molecule has 0 fully saturated rings. The number of nitrogens with zero attached hydrogens (tertiary/aromatic N) is 4. The Balaban J connectivity index is 1.54. The second-order valence-corrected chi connectivity index (χ2v) is 10.7. The Hall–Kier alpha value is -2.40. The highest BCUT2D eigenvalue weighted by Crippen LogP contribution is 2.34. The van der Waals surface area contributed by atoms with Gasteiger partial charge in [0.1, 0.15) is 11.6 Å². The topological polar surface area (TPSA) is 100 Å². The number of hydrogen-bond donors (Lipinski definition) is 2. The fourth-order valence-corrected chi connectivity index (χ4v) is 4.52. The van der Waals surface area contributed by atoms with Gasteiger partial charge < -0.3 is 9.64 Å². The van der Waals surface area contributed by atoms with E-state index in [1.54, 1.807) is 9.42 Å². The molecule has 1 amide bonds. The van der Waals surface area contributed by atoms with E-state index >= 15 is 0 Å². The average molecular weight is 483 g/mol. The fraction of sp³-hybridized carbons (Fsp3) is 0.381. The third-order valence-corrected chi connectivity index (χ3v) is 6.96. The highest BCUT2D eigenvalue weighted by atomic mass is 35.5. The maximum absolute atomic E-state index is 13.8. The molecule has 0 aliphatic carbocycles. The number of hydrogen-bond acceptors (Lipinski definition) is 6. The molecule has 11 heteroatoms. The first-order valence-electron chi connectivity index (χ1n) is 10.0. The van der Waals surface area contributed by atoms with Gasteiger partial charge in [0.2, 0.25) is 0 Å². The molecule has 3 aromatic rings. The van der Waals surface area contributed by atoms with E-state index in [0.717, 1.165) is 17.0 Å². The van der Waals surface area contributed by atoms with Crippen molar-refractivity contribution in [3.63, 3.8) is 0 Å². The standard InChI is InChI=1S/C21H24ClFN4O4S/c1-12-19(22)13(2)27-20(24-12)16-10-26(11-17(16)25-27)21(28)15-6-5-14(23)9-18(15)31-7-4-8-32(3,29)30/h5-6,9,29-30H,4,7-8,10-11H2,1-3H3. The maximum Gasteiger partial charge on any atom is 0.258 e. The molecule has 8 nitrogen and oxygen atoms in total. The molecule has 1 aromatic carbocycles. The quantitative estimate of drug-likeness (QED) is 0.504. The van der Waals surface area contributed by atoms with Crippen LogP contribution in [-0.2, 0) is 13.1 Å². The predicted molar refractivity (Wildman–Crippen MR) is 121 cm³/mol. The van der Waals surface area contributed by atoms with Crippen molar-refractivity contribution in [3.05, 3.63) is 57.2 Å². The number of halogens is 2. The van der Waals surface area contributed by atoms with E-state index in [2.05, 4.69) is 10.1 Å². The van der Waals surface area contributed by atoms with Gasteiger partial charge in [-0.15, -0.1) is 0 Å². The van der Waals surface area contributed by atoms with Crippen molar-refractivity contribution in [2.45, 2.75) is 33.4 Å². The van der Waals surface area contributed by atoms with Crippen LogP contribution in [-0.4, -0.2) is 53.1 Å². The Morgan fingerprint density at radius 2 is 2.06 bits per heavy atom. The molecule has 0 bridgehead atoms. The lowest BCUT2D eigenvalue weighted by Gasteiger charge is -2.26. The van der Waals surface area contributed by atoms with Crippen LogP contribution >= 0.6 is 22.2 Å². The van der Waals surface area contributed by atoms with Gasteiger partial charge in [0.05, 0.1) is 47.4 Å². The van der Waals surface area contributed by atoms with Crippen LogP contribution in [0.2, 0.25) is 5.02 Å². The van der Waals surface area contributed by atoms with Gasteiger partial charge in [-0.3, -0.25) is 13.9 Å². The molecular weight excluding hydrogens is 459 g/mol. The highest BCUT2D eigenvalue weighted by Gasteiger charge is 2.31. The van der Waals surface area contributed by atoms with Crippen molar-refractivity contribution >= 4 is 33.7 Å². The maximum atomic E-state index is 13.8. The van der Waals surface area contributed by atoms with Crippen LogP contribution in [0.3, 0.4) is 0 Å². The first-order chi connectivity index (χ1) is 15.0. The van der Waals surface area contributed by atoms with Crippen LogP contribution in [0.25, 0.3) is 5.65 Å². The van der Waals surface area contributed by atoms with Gasteiger partial charge >= 0.3 is 0 Å². The van der Waals surface area contributed by atoms with Crippen LogP contribution in [0.4, 0.5) is 4.39 Å². The van der Waals surface area contributed by atoms with Crippen LogP contribution in [0, 0.1) is 19.7 Å². The first-order valence-corrected chi connectivity index (χ1v) is 12.5. The molecule has 0 saturated heterocycles. The molecular formula is C21H24ClFN4O4S. The molecule has 4 rings (SSSR count). The molecule has 1 aliphatic heterocycles. The second kappa shape index (κ2) is 8.51. The van der Waals surface area contributed by atoms with Gasteiger partial charge in [0, 0.05) is 23.6 Å². The minimum Gasteiger partial charge on any atom is -0.493 e. The van der Waals surface area contributed by atoms with Crippen molar-refractivity contribution in [2.75, 3.05) is 18.6 Å². The fourth-order valence-electron chi connectivity index (χ4n) is 3.73. The summed E-state index contributed by atoms with van der Waals surface area (Å²) < 4.78 is 40.1. The minimum atomic E-state index is -2.63. The van der Waals surface area contributed by atoms with Gasteiger partial charge in [-0.1, -0.05) is 11.6 Å². The Bertz CT molecular complexity index is 1210. The van der Waals surface area contributed by atoms with Gasteiger partial charge in [-0.25, -0.2) is 13.9 Å². The third kappa shape index (κ3) is 4.40. The molecule has 0 atom stereocenters. The molecule has 32 heavy (non-hydrogen) atoms. The van der Waals surface area contributed by atoms with Crippen LogP contribution in [0.5, 0.6) is 5.75 Å². The monoisotopic (exact) mass is 482 g/mol. The average Bonchev–Trinajstić information content (AvgIpc) is 3.27. The summed E-state index contributed by atoms with van der Waals surface area (Å²) in [4.78, 5) is 19.4. The number of fused-ring (bicyclic) bond motifs is 3. The van der Waals surface area contributed by atoms with E-state index in [-0.39, 0.29) is 29.6 Å². The Morgan fingerprint density at radius 3 is 2.78 bits per heavy atom. The van der Waals surface area contributed by atoms with Gasteiger partial charge in [-0.05, 0) is 32.4 Å². The van der Waals surface area contributed by atoms with Crippen molar-refractivity contribution in [1.29, 1.82) is 0 Å².